The molecule has 3 heteroatoms. The summed E-state index contributed by atoms with van der Waals surface area (Å²) in [6, 6.07) is 31.7. The minimum atomic E-state index is -0.287. The monoisotopic (exact) mass is 391 g/mol. The third-order valence-electron chi connectivity index (χ3n) is 5.21. The van der Waals surface area contributed by atoms with E-state index < -0.39 is 0 Å². The lowest BCUT2D eigenvalue weighted by molar-refractivity contribution is 0.476. The van der Waals surface area contributed by atoms with E-state index in [4.69, 9.17) is 4.98 Å². The quantitative estimate of drug-likeness (QED) is 0.356. The van der Waals surface area contributed by atoms with E-state index in [1.807, 2.05) is 66.7 Å². The van der Waals surface area contributed by atoms with Gasteiger partial charge in [-0.1, -0.05) is 72.8 Å². The van der Waals surface area contributed by atoms with Crippen molar-refractivity contribution in [1.82, 2.24) is 4.98 Å². The molecule has 1 heterocycles. The van der Waals surface area contributed by atoms with Gasteiger partial charge in [0.25, 0.3) is 0 Å². The van der Waals surface area contributed by atoms with Crippen LogP contribution >= 0.6 is 0 Å². The molecular weight excluding hydrogens is 373 g/mol. The van der Waals surface area contributed by atoms with Crippen molar-refractivity contribution >= 4 is 10.9 Å². The van der Waals surface area contributed by atoms with Gasteiger partial charge in [-0.25, -0.2) is 9.37 Å². The van der Waals surface area contributed by atoms with E-state index in [0.717, 1.165) is 44.4 Å². The summed E-state index contributed by atoms with van der Waals surface area (Å²) in [4.78, 5) is 4.98. The van der Waals surface area contributed by atoms with Gasteiger partial charge >= 0.3 is 0 Å². The number of aromatic hydroxyl groups is 1. The first kappa shape index (κ1) is 18.1. The van der Waals surface area contributed by atoms with Gasteiger partial charge in [0.15, 0.2) is 0 Å². The summed E-state index contributed by atoms with van der Waals surface area (Å²) < 4.78 is 13.7. The molecule has 2 nitrogen and oxygen atoms in total. The molecule has 0 saturated heterocycles. The number of nitrogens with zero attached hydrogens (tertiary/aromatic N) is 1. The predicted molar refractivity (Wildman–Crippen MR) is 120 cm³/mol. The average molecular weight is 391 g/mol. The van der Waals surface area contributed by atoms with Crippen molar-refractivity contribution in [3.05, 3.63) is 109 Å². The molecule has 0 aliphatic rings. The fourth-order valence-corrected chi connectivity index (χ4v) is 3.86. The maximum Gasteiger partial charge on any atom is 0.123 e. The Balaban J connectivity index is 1.97. The van der Waals surface area contributed by atoms with Crippen LogP contribution in [0.5, 0.6) is 5.75 Å². The van der Waals surface area contributed by atoms with Crippen LogP contribution in [0.1, 0.15) is 0 Å². The number of phenolic OH excluding ortho intramolecular Hbond substituents is 1. The fraction of sp³-hybridized carbons (Fsp3) is 0. The Bertz CT molecular complexity index is 1330. The molecule has 0 atom stereocenters. The second-order valence-corrected chi connectivity index (χ2v) is 7.15. The Kier molecular flexibility index (Phi) is 4.49. The van der Waals surface area contributed by atoms with Gasteiger partial charge in [-0.2, -0.15) is 0 Å². The highest BCUT2D eigenvalue weighted by Crippen LogP contribution is 2.43. The van der Waals surface area contributed by atoms with E-state index in [-0.39, 0.29) is 11.6 Å². The van der Waals surface area contributed by atoms with Gasteiger partial charge in [0.2, 0.25) is 0 Å². The van der Waals surface area contributed by atoms with Gasteiger partial charge in [-0.05, 0) is 41.5 Å². The van der Waals surface area contributed by atoms with Crippen LogP contribution in [0.15, 0.2) is 103 Å². The SMILES string of the molecule is Oc1ccc2nc(-c3ccccc3)c(-c3ccccc3)c(-c3ccc(F)cc3)c2c1. The Morgan fingerprint density at radius 3 is 1.87 bits per heavy atom. The third-order valence-corrected chi connectivity index (χ3v) is 5.21. The zero-order chi connectivity index (χ0) is 20.5. The highest BCUT2D eigenvalue weighted by atomic mass is 19.1. The van der Waals surface area contributed by atoms with Crippen LogP contribution < -0.4 is 0 Å². The standard InChI is InChI=1S/C27H18FNO/c28-21-13-11-19(12-14-21)25-23-17-22(30)15-16-24(23)29-27(20-9-5-2-6-10-20)26(25)18-7-3-1-4-8-18/h1-17,30H. The lowest BCUT2D eigenvalue weighted by atomic mass is 9.88. The van der Waals surface area contributed by atoms with Crippen LogP contribution in [0.25, 0.3) is 44.4 Å². The smallest absolute Gasteiger partial charge is 0.123 e. The number of fused-ring (bicyclic) bond motifs is 1. The maximum atomic E-state index is 13.7. The predicted octanol–water partition coefficient (Wildman–Crippen LogP) is 7.08. The zero-order valence-corrected chi connectivity index (χ0v) is 16.1. The van der Waals surface area contributed by atoms with Crippen LogP contribution in [0.2, 0.25) is 0 Å². The van der Waals surface area contributed by atoms with Gasteiger partial charge < -0.3 is 5.11 Å². The average Bonchev–Trinajstić information content (AvgIpc) is 2.80. The number of hydrogen-bond donors (Lipinski definition) is 1. The van der Waals surface area contributed by atoms with Gasteiger partial charge in [0, 0.05) is 22.1 Å². The van der Waals surface area contributed by atoms with E-state index in [1.54, 1.807) is 24.3 Å². The molecule has 0 fully saturated rings. The van der Waals surface area contributed by atoms with Crippen LogP contribution in [0, 0.1) is 5.82 Å². The molecule has 0 unspecified atom stereocenters. The number of aromatic nitrogens is 1. The van der Waals surface area contributed by atoms with Gasteiger partial charge in [-0.15, -0.1) is 0 Å². The van der Waals surface area contributed by atoms with Gasteiger partial charge in [0.1, 0.15) is 11.6 Å². The molecule has 5 aromatic rings. The Labute approximate surface area is 173 Å². The summed E-state index contributed by atoms with van der Waals surface area (Å²) in [6.07, 6.45) is 0. The lowest BCUT2D eigenvalue weighted by Crippen LogP contribution is -1.96. The lowest BCUT2D eigenvalue weighted by Gasteiger charge is -2.18. The van der Waals surface area contributed by atoms with Crippen molar-refractivity contribution in [2.75, 3.05) is 0 Å². The number of hydrogen-bond acceptors (Lipinski definition) is 2. The zero-order valence-electron chi connectivity index (χ0n) is 16.1. The number of phenols is 1. The van der Waals surface area contributed by atoms with E-state index >= 15 is 0 Å². The normalized spacial score (nSPS) is 11.0. The second-order valence-electron chi connectivity index (χ2n) is 7.15. The van der Waals surface area contributed by atoms with Crippen molar-refractivity contribution in [3.8, 4) is 39.3 Å². The largest absolute Gasteiger partial charge is 0.508 e. The topological polar surface area (TPSA) is 33.1 Å². The number of benzene rings is 4. The molecule has 5 rings (SSSR count). The molecule has 0 aliphatic heterocycles. The van der Waals surface area contributed by atoms with Crippen LogP contribution in [-0.2, 0) is 0 Å². The maximum absolute atomic E-state index is 13.7. The minimum Gasteiger partial charge on any atom is -0.508 e. The highest BCUT2D eigenvalue weighted by molar-refractivity contribution is 6.07. The first-order valence-corrected chi connectivity index (χ1v) is 9.74. The van der Waals surface area contributed by atoms with Gasteiger partial charge in [-0.3, -0.25) is 0 Å². The third kappa shape index (κ3) is 3.20. The van der Waals surface area contributed by atoms with Crippen molar-refractivity contribution in [3.63, 3.8) is 0 Å². The van der Waals surface area contributed by atoms with Crippen molar-refractivity contribution < 1.29 is 9.50 Å². The molecule has 1 aromatic heterocycles. The second kappa shape index (κ2) is 7.45. The number of pyridine rings is 1. The van der Waals surface area contributed by atoms with E-state index in [1.165, 1.54) is 12.1 Å². The molecule has 30 heavy (non-hydrogen) atoms. The molecular formula is C27H18FNO. The molecule has 4 aromatic carbocycles. The van der Waals surface area contributed by atoms with E-state index in [2.05, 4.69) is 0 Å². The Morgan fingerprint density at radius 2 is 1.20 bits per heavy atom. The Hall–Kier alpha value is -3.98. The molecule has 144 valence electrons. The van der Waals surface area contributed by atoms with Crippen LogP contribution in [0.3, 0.4) is 0 Å². The first-order chi connectivity index (χ1) is 14.7. The Morgan fingerprint density at radius 1 is 0.600 bits per heavy atom. The van der Waals surface area contributed by atoms with E-state index in [9.17, 15) is 9.50 Å². The molecule has 0 radical (unpaired) electrons. The molecule has 0 amide bonds. The summed E-state index contributed by atoms with van der Waals surface area (Å²) in [6.45, 7) is 0. The molecule has 1 N–H and O–H groups in total. The molecule has 0 saturated carbocycles. The molecule has 0 spiro atoms. The minimum absolute atomic E-state index is 0.166. The summed E-state index contributed by atoms with van der Waals surface area (Å²) >= 11 is 0. The van der Waals surface area contributed by atoms with Crippen molar-refractivity contribution in [2.45, 2.75) is 0 Å². The summed E-state index contributed by atoms with van der Waals surface area (Å²) in [5, 5.41) is 11.0. The fourth-order valence-electron chi connectivity index (χ4n) is 3.86. The van der Waals surface area contributed by atoms with Crippen molar-refractivity contribution in [2.24, 2.45) is 0 Å². The molecule has 0 aliphatic carbocycles. The van der Waals surface area contributed by atoms with Gasteiger partial charge in [0.05, 0.1) is 11.2 Å². The number of rotatable bonds is 3. The number of halogens is 1. The van der Waals surface area contributed by atoms with Crippen molar-refractivity contribution in [1.29, 1.82) is 0 Å². The first-order valence-electron chi connectivity index (χ1n) is 9.74. The summed E-state index contributed by atoms with van der Waals surface area (Å²) in [5.41, 5.74) is 6.35. The summed E-state index contributed by atoms with van der Waals surface area (Å²) in [7, 11) is 0. The highest BCUT2D eigenvalue weighted by Gasteiger charge is 2.19. The van der Waals surface area contributed by atoms with Crippen LogP contribution in [0.4, 0.5) is 4.39 Å². The van der Waals surface area contributed by atoms with Crippen LogP contribution in [-0.4, -0.2) is 10.1 Å². The van der Waals surface area contributed by atoms with E-state index in [0.29, 0.717) is 0 Å². The molecule has 0 bridgehead atoms. The summed E-state index contributed by atoms with van der Waals surface area (Å²) in [5.74, 6) is -0.122.